The zero-order valence-corrected chi connectivity index (χ0v) is 21.1. The molecule has 1 saturated heterocycles. The molecule has 1 aromatic carbocycles. The van der Waals surface area contributed by atoms with Gasteiger partial charge in [0.05, 0.1) is 30.3 Å². The lowest BCUT2D eigenvalue weighted by molar-refractivity contribution is 0.0123. The quantitative estimate of drug-likeness (QED) is 0.324. The summed E-state index contributed by atoms with van der Waals surface area (Å²) in [6.07, 6.45) is 9.81. The van der Waals surface area contributed by atoms with E-state index in [-0.39, 0.29) is 13.0 Å². The van der Waals surface area contributed by atoms with Crippen molar-refractivity contribution in [2.24, 2.45) is 7.05 Å². The van der Waals surface area contributed by atoms with E-state index in [1.165, 1.54) is 0 Å². The summed E-state index contributed by atoms with van der Waals surface area (Å²) in [5, 5.41) is 7.61. The van der Waals surface area contributed by atoms with Crippen molar-refractivity contribution >= 4 is 11.5 Å². The van der Waals surface area contributed by atoms with Gasteiger partial charge in [-0.1, -0.05) is 24.3 Å². The molecule has 1 aliphatic rings. The van der Waals surface area contributed by atoms with Crippen LogP contribution in [0.15, 0.2) is 73.6 Å². The van der Waals surface area contributed by atoms with E-state index >= 15 is 0 Å². The number of benzene rings is 1. The number of alkyl halides is 2. The molecule has 0 saturated carbocycles. The van der Waals surface area contributed by atoms with Crippen molar-refractivity contribution in [3.05, 3.63) is 84.7 Å². The SMILES string of the molecule is Cn1cc(-c2ccc(CNc3cc(-c4cnc5cc(CCN6CCC(F)(F)C6)ccn45)ncn3)cc2)cn1. The van der Waals surface area contributed by atoms with Crippen molar-refractivity contribution in [1.29, 1.82) is 0 Å². The van der Waals surface area contributed by atoms with Gasteiger partial charge in [0.15, 0.2) is 0 Å². The van der Waals surface area contributed by atoms with Gasteiger partial charge in [0, 0.05) is 57.1 Å². The summed E-state index contributed by atoms with van der Waals surface area (Å²) in [6.45, 7) is 1.54. The van der Waals surface area contributed by atoms with Crippen molar-refractivity contribution < 1.29 is 8.78 Å². The lowest BCUT2D eigenvalue weighted by Crippen LogP contribution is -2.27. The van der Waals surface area contributed by atoms with Crippen LogP contribution in [0.3, 0.4) is 0 Å². The van der Waals surface area contributed by atoms with Gasteiger partial charge >= 0.3 is 0 Å². The molecular formula is C28H28F2N8. The molecule has 4 aromatic heterocycles. The molecule has 1 aliphatic heterocycles. The number of anilines is 1. The highest BCUT2D eigenvalue weighted by atomic mass is 19.3. The van der Waals surface area contributed by atoms with Crippen molar-refractivity contribution in [3.8, 4) is 22.5 Å². The molecule has 0 spiro atoms. The normalized spacial score (nSPS) is 15.3. The molecule has 0 unspecified atom stereocenters. The van der Waals surface area contributed by atoms with Crippen LogP contribution in [0.1, 0.15) is 17.5 Å². The van der Waals surface area contributed by atoms with Crippen LogP contribution >= 0.6 is 0 Å². The molecule has 0 aliphatic carbocycles. The third-order valence-corrected chi connectivity index (χ3v) is 6.94. The van der Waals surface area contributed by atoms with Crippen molar-refractivity contribution in [2.45, 2.75) is 25.3 Å². The fraction of sp³-hybridized carbons (Fsp3) is 0.286. The molecule has 0 amide bonds. The van der Waals surface area contributed by atoms with Crippen LogP contribution < -0.4 is 5.32 Å². The summed E-state index contributed by atoms with van der Waals surface area (Å²) in [7, 11) is 1.91. The van der Waals surface area contributed by atoms with Gasteiger partial charge in [-0.05, 0) is 35.2 Å². The minimum atomic E-state index is -2.56. The fourth-order valence-electron chi connectivity index (χ4n) is 4.82. The van der Waals surface area contributed by atoms with Gasteiger partial charge in [-0.25, -0.2) is 23.7 Å². The van der Waals surface area contributed by atoms with Crippen LogP contribution in [0.25, 0.3) is 28.2 Å². The van der Waals surface area contributed by atoms with E-state index in [1.807, 2.05) is 53.1 Å². The lowest BCUT2D eigenvalue weighted by atomic mass is 10.1. The molecular weight excluding hydrogens is 486 g/mol. The molecule has 1 N–H and O–H groups in total. The van der Waals surface area contributed by atoms with E-state index < -0.39 is 5.92 Å². The Hall–Kier alpha value is -4.18. The van der Waals surface area contributed by atoms with Crippen molar-refractivity contribution in [3.63, 3.8) is 0 Å². The number of pyridine rings is 1. The van der Waals surface area contributed by atoms with E-state index in [9.17, 15) is 8.78 Å². The van der Waals surface area contributed by atoms with Gasteiger partial charge in [0.25, 0.3) is 5.92 Å². The molecule has 0 bridgehead atoms. The van der Waals surface area contributed by atoms with Gasteiger partial charge in [-0.3, -0.25) is 14.0 Å². The number of rotatable bonds is 8. The van der Waals surface area contributed by atoms with Crippen molar-refractivity contribution in [1.82, 2.24) is 34.0 Å². The maximum Gasteiger partial charge on any atom is 0.261 e. The molecule has 5 aromatic rings. The summed E-state index contributed by atoms with van der Waals surface area (Å²) < 4.78 is 30.7. The Morgan fingerprint density at radius 1 is 0.974 bits per heavy atom. The van der Waals surface area contributed by atoms with E-state index in [0.29, 0.717) is 26.1 Å². The predicted molar refractivity (Wildman–Crippen MR) is 142 cm³/mol. The van der Waals surface area contributed by atoms with Crippen LogP contribution in [0.4, 0.5) is 14.6 Å². The zero-order chi connectivity index (χ0) is 26.1. The second kappa shape index (κ2) is 9.94. The number of nitrogens with one attached hydrogen (secondary N) is 1. The number of imidazole rings is 1. The van der Waals surface area contributed by atoms with Gasteiger partial charge in [-0.15, -0.1) is 0 Å². The van der Waals surface area contributed by atoms with E-state index in [2.05, 4.69) is 49.6 Å². The number of hydrogen-bond acceptors (Lipinski definition) is 6. The van der Waals surface area contributed by atoms with E-state index in [0.717, 1.165) is 45.1 Å². The molecule has 10 heteroatoms. The first-order chi connectivity index (χ1) is 18.4. The van der Waals surface area contributed by atoms with Gasteiger partial charge < -0.3 is 5.32 Å². The van der Waals surface area contributed by atoms with Crippen molar-refractivity contribution in [2.75, 3.05) is 25.0 Å². The summed E-state index contributed by atoms with van der Waals surface area (Å²) in [6, 6.07) is 14.3. The molecule has 8 nitrogen and oxygen atoms in total. The number of halogens is 2. The number of nitrogens with zero attached hydrogens (tertiary/aromatic N) is 7. The van der Waals surface area contributed by atoms with Crippen LogP contribution in [0.2, 0.25) is 0 Å². The molecule has 1 fully saturated rings. The second-order valence-corrected chi connectivity index (χ2v) is 9.78. The minimum Gasteiger partial charge on any atom is -0.366 e. The highest BCUT2D eigenvalue weighted by Crippen LogP contribution is 2.27. The van der Waals surface area contributed by atoms with Gasteiger partial charge in [-0.2, -0.15) is 5.10 Å². The standard InChI is InChI=1S/C28H28F2N8/c1-36-17-23(15-35-36)22-4-2-21(3-5-22)14-31-26-13-24(33-19-34-26)25-16-32-27-12-20(7-10-38(25)27)6-9-37-11-8-28(29,30)18-37/h2-5,7,10,12-13,15-17,19H,6,8-9,11,14,18H2,1H3,(H,31,33,34). The molecule has 194 valence electrons. The molecule has 6 rings (SSSR count). The maximum absolute atomic E-state index is 13.5. The number of fused-ring (bicyclic) bond motifs is 1. The first-order valence-corrected chi connectivity index (χ1v) is 12.6. The van der Waals surface area contributed by atoms with E-state index in [1.54, 1.807) is 17.2 Å². The highest BCUT2D eigenvalue weighted by Gasteiger charge is 2.37. The minimum absolute atomic E-state index is 0.0517. The Labute approximate surface area is 219 Å². The van der Waals surface area contributed by atoms with Crippen LogP contribution in [0, 0.1) is 0 Å². The number of aromatic nitrogens is 6. The second-order valence-electron chi connectivity index (χ2n) is 9.78. The number of aryl methyl sites for hydroxylation is 1. The Balaban J connectivity index is 1.11. The fourth-order valence-corrected chi connectivity index (χ4v) is 4.82. The van der Waals surface area contributed by atoms with Crippen LogP contribution in [-0.4, -0.2) is 59.6 Å². The average Bonchev–Trinajstić information content (AvgIpc) is 3.64. The van der Waals surface area contributed by atoms with Crippen LogP contribution in [-0.2, 0) is 20.0 Å². The largest absolute Gasteiger partial charge is 0.366 e. The summed E-state index contributed by atoms with van der Waals surface area (Å²) in [5.41, 5.74) is 6.84. The first-order valence-electron chi connectivity index (χ1n) is 12.6. The van der Waals surface area contributed by atoms with Crippen LogP contribution in [0.5, 0.6) is 0 Å². The first kappa shape index (κ1) is 24.2. The maximum atomic E-state index is 13.5. The monoisotopic (exact) mass is 514 g/mol. The Morgan fingerprint density at radius 3 is 2.61 bits per heavy atom. The molecule has 0 atom stereocenters. The Bertz CT molecular complexity index is 1560. The van der Waals surface area contributed by atoms with Gasteiger partial charge in [0.2, 0.25) is 0 Å². The molecule has 5 heterocycles. The number of likely N-dealkylation sites (tertiary alicyclic amines) is 1. The smallest absolute Gasteiger partial charge is 0.261 e. The molecule has 0 radical (unpaired) electrons. The third-order valence-electron chi connectivity index (χ3n) is 6.94. The lowest BCUT2D eigenvalue weighted by Gasteiger charge is -2.15. The third kappa shape index (κ3) is 5.26. The highest BCUT2D eigenvalue weighted by molar-refractivity contribution is 5.64. The zero-order valence-electron chi connectivity index (χ0n) is 21.1. The Kier molecular flexibility index (Phi) is 6.32. The summed E-state index contributed by atoms with van der Waals surface area (Å²) >= 11 is 0. The summed E-state index contributed by atoms with van der Waals surface area (Å²) in [5.74, 6) is -1.83. The topological polar surface area (TPSA) is 76.2 Å². The average molecular weight is 515 g/mol. The van der Waals surface area contributed by atoms with Gasteiger partial charge in [0.1, 0.15) is 17.8 Å². The Morgan fingerprint density at radius 2 is 1.84 bits per heavy atom. The molecule has 38 heavy (non-hydrogen) atoms. The van der Waals surface area contributed by atoms with E-state index in [4.69, 9.17) is 0 Å². The number of hydrogen-bond donors (Lipinski definition) is 1. The predicted octanol–water partition coefficient (Wildman–Crippen LogP) is 4.69. The summed E-state index contributed by atoms with van der Waals surface area (Å²) in [4.78, 5) is 15.2.